The van der Waals surface area contributed by atoms with Gasteiger partial charge >= 0.3 is 35.8 Å². The molecule has 750 valence electrons. The summed E-state index contributed by atoms with van der Waals surface area (Å²) in [4.78, 5) is 74.3. The molecule has 0 aliphatic rings. The predicted molar refractivity (Wildman–Crippen MR) is 578 cm³/mol. The number of likely N-dealkylation sites (N-methyl/N-ethyl adjacent to an activating group) is 6. The molecule has 0 heterocycles. The Labute approximate surface area is 834 Å². The summed E-state index contributed by atoms with van der Waals surface area (Å²) in [5.74, 6) is -1.33. The van der Waals surface area contributed by atoms with Crippen LogP contribution in [0.5, 0.6) is 0 Å². The van der Waals surface area contributed by atoms with Crippen LogP contribution in [0.25, 0.3) is 64.6 Å². The summed E-state index contributed by atoms with van der Waals surface area (Å²) in [6.45, 7) is 58.3. The van der Waals surface area contributed by atoms with E-state index in [1.807, 2.05) is 249 Å². The molecular weight excluding hydrogens is 1730 g/mol. The second-order valence-corrected chi connectivity index (χ2v) is 38.1. The number of ether oxygens (including phenoxy) is 6. The van der Waals surface area contributed by atoms with E-state index in [1.165, 1.54) is 38.8 Å². The lowest BCUT2D eigenvalue weighted by molar-refractivity contribution is -0.926. The van der Waals surface area contributed by atoms with Crippen molar-refractivity contribution in [2.75, 3.05) is 198 Å². The molecule has 139 heavy (non-hydrogen) atoms. The van der Waals surface area contributed by atoms with E-state index in [0.717, 1.165) is 254 Å². The highest BCUT2D eigenvalue weighted by Crippen LogP contribution is 2.27. The molecule has 0 fully saturated rings. The van der Waals surface area contributed by atoms with Gasteiger partial charge in [0, 0.05) is 0 Å². The summed E-state index contributed by atoms with van der Waals surface area (Å²) in [6, 6.07) is 82.4. The van der Waals surface area contributed by atoms with Gasteiger partial charge in [-0.3, -0.25) is 0 Å². The topological polar surface area (TPSA) is 158 Å². The Kier molecular flexibility index (Phi) is 50.1. The average molecular weight is 1900 g/mol. The van der Waals surface area contributed by atoms with Gasteiger partial charge in [-0.05, 0) is 213 Å². The van der Waals surface area contributed by atoms with Gasteiger partial charge in [0.2, 0.25) is 0 Å². The zero-order valence-corrected chi connectivity index (χ0v) is 88.0. The molecule has 0 saturated carbocycles. The number of benzene rings is 12. The Bertz CT molecular complexity index is 5650. The van der Waals surface area contributed by atoms with Crippen LogP contribution < -0.4 is 0 Å². The van der Waals surface area contributed by atoms with Gasteiger partial charge in [0.15, 0.2) is 0 Å². The zero-order chi connectivity index (χ0) is 101. The molecule has 0 saturated heterocycles. The number of carbonyl (C=O) groups is 6. The van der Waals surface area contributed by atoms with Gasteiger partial charge in [-0.15, -0.1) is 0 Å². The van der Waals surface area contributed by atoms with E-state index >= 15 is 0 Å². The van der Waals surface area contributed by atoms with Gasteiger partial charge in [-0.2, -0.15) is 0 Å². The van der Waals surface area contributed by atoms with Crippen LogP contribution >= 0.6 is 0 Å². The minimum Gasteiger partial charge on any atom is -0.456 e. The lowest BCUT2D eigenvalue weighted by Crippen LogP contribution is -2.51. The number of nitrogens with zero attached hydrogens (tertiary/aromatic N) is 6. The maximum absolute atomic E-state index is 12.6. The van der Waals surface area contributed by atoms with Gasteiger partial charge in [0.25, 0.3) is 0 Å². The number of rotatable bonds is 49. The van der Waals surface area contributed by atoms with Gasteiger partial charge in [0.05, 0.1) is 153 Å². The van der Waals surface area contributed by atoms with Crippen molar-refractivity contribution < 1.29 is 84.1 Å². The number of hydrogen-bond donors (Lipinski definition) is 0. The molecule has 0 spiro atoms. The fourth-order valence-corrected chi connectivity index (χ4v) is 19.0. The quantitative estimate of drug-likeness (QED) is 0.0202. The van der Waals surface area contributed by atoms with E-state index in [9.17, 15) is 28.8 Å². The number of hydrogen-bond acceptors (Lipinski definition) is 12. The first-order chi connectivity index (χ1) is 67.2. The fraction of sp³-hybridized carbons (Fsp3) is 0.455. The highest BCUT2D eigenvalue weighted by Gasteiger charge is 2.30. The molecule has 12 aromatic carbocycles. The third-order valence-corrected chi connectivity index (χ3v) is 27.9. The van der Waals surface area contributed by atoms with Gasteiger partial charge < -0.3 is 55.3 Å². The zero-order valence-electron chi connectivity index (χ0n) is 88.0. The number of esters is 6. The van der Waals surface area contributed by atoms with Crippen LogP contribution in [0, 0.1) is 0 Å². The van der Waals surface area contributed by atoms with E-state index in [1.54, 1.807) is 0 Å². The molecular formula is C121H170N6O12+6. The monoisotopic (exact) mass is 1900 g/mol. The molecule has 12 aromatic rings. The Hall–Kier alpha value is -11.2. The summed E-state index contributed by atoms with van der Waals surface area (Å²) in [5.41, 5.74) is 3.89. The number of carbonyl (C=O) groups excluding carboxylic acids is 6. The standard InChI is InChI=1S/2C22H32NO2.2C21H30NO2.C19H26NO2.C16H20NO2/c1-4-7-16-23(6-3,15-5-2)17-18-25-22(24)21-14-10-12-19-11-8-9-13-20(19)21;1-4-7-15-23(6-3,14-5-2)16-17-25-22(24)21-13-12-19-10-8-9-11-20(19)18-21;1-4-14-22(6-3,15-5-2)16-17-24-21(23)20-13-9-11-18-10-7-8-12-19(18)20;1-4-13-22(6-3,14-5-2)15-16-24-21(23)20-12-11-18-9-7-8-10-19(18)17-20;1-4-20(5-2,6-3)14-15-22-19(21)18-13-9-11-16-10-7-8-12-17(16)18;1-17(2,3)11-12-19-16(18)15-10-6-8-13-7-4-5-9-14(13)15/h8-14H,4-7,15-18H2,1-3H3;8-13,18H,4-7,14-17H2,1-3H3;7-13H,4-6,14-17H2,1-3H3;7-12,17H,4-6,13-16H2,1-3H3;7-13H,4-6,14-15H2,1-3H3;4-10H,11-12H2,1-3H3/q6*+1. The second-order valence-electron chi connectivity index (χ2n) is 38.1. The Balaban J connectivity index is 0.000000227. The molecule has 2 atom stereocenters. The smallest absolute Gasteiger partial charge is 0.338 e. The second kappa shape index (κ2) is 60.7. The van der Waals surface area contributed by atoms with Crippen LogP contribution in [-0.4, -0.2) is 261 Å². The molecule has 0 bridgehead atoms. The molecule has 0 aliphatic carbocycles. The van der Waals surface area contributed by atoms with Gasteiger partial charge in [0.1, 0.15) is 78.9 Å². The molecule has 0 amide bonds. The molecule has 2 unspecified atom stereocenters. The minimum absolute atomic E-state index is 0.210. The van der Waals surface area contributed by atoms with Crippen LogP contribution in [0.3, 0.4) is 0 Å². The lowest BCUT2D eigenvalue weighted by atomic mass is 10.1. The van der Waals surface area contributed by atoms with Crippen LogP contribution in [0.1, 0.15) is 230 Å². The lowest BCUT2D eigenvalue weighted by Gasteiger charge is -2.37. The summed E-state index contributed by atoms with van der Waals surface area (Å²) in [7, 11) is 6.23. The first-order valence-corrected chi connectivity index (χ1v) is 52.2. The van der Waals surface area contributed by atoms with Crippen LogP contribution in [0.4, 0.5) is 0 Å². The summed E-state index contributed by atoms with van der Waals surface area (Å²) in [6.07, 6.45) is 11.8. The maximum atomic E-state index is 12.6. The summed E-state index contributed by atoms with van der Waals surface area (Å²) in [5, 5.41) is 12.5. The number of unbranched alkanes of at least 4 members (excludes halogenated alkanes) is 2. The van der Waals surface area contributed by atoms with Crippen molar-refractivity contribution in [3.63, 3.8) is 0 Å². The van der Waals surface area contributed by atoms with Crippen LogP contribution in [0.15, 0.2) is 255 Å². The third-order valence-electron chi connectivity index (χ3n) is 27.9. The maximum Gasteiger partial charge on any atom is 0.338 e. The Morgan fingerprint density at radius 3 is 0.640 bits per heavy atom. The molecule has 12 rings (SSSR count). The van der Waals surface area contributed by atoms with Gasteiger partial charge in [-0.1, -0.05) is 274 Å². The van der Waals surface area contributed by atoms with E-state index in [0.29, 0.717) is 73.0 Å². The molecule has 0 aromatic heterocycles. The highest BCUT2D eigenvalue weighted by atomic mass is 16.6. The first-order valence-electron chi connectivity index (χ1n) is 52.2. The first kappa shape index (κ1) is 115. The number of quaternary nitrogens is 6. The minimum atomic E-state index is -0.245. The summed E-state index contributed by atoms with van der Waals surface area (Å²) < 4.78 is 39.3. The highest BCUT2D eigenvalue weighted by molar-refractivity contribution is 6.07. The molecule has 18 heteroatoms. The van der Waals surface area contributed by atoms with Crippen molar-refractivity contribution >= 4 is 100 Å². The van der Waals surface area contributed by atoms with E-state index in [4.69, 9.17) is 28.4 Å². The van der Waals surface area contributed by atoms with E-state index < -0.39 is 0 Å². The SMILES string of the molecule is CCCC[N+](CC)(CCC)CCOC(=O)c1ccc2ccccc2c1.CCCC[N+](CC)(CCC)CCOC(=O)c1cccc2ccccc12.CCC[N+](CC)(CCC)CCOC(=O)c1ccc2ccccc2c1.CCC[N+](CC)(CCC)CCOC(=O)c1cccc2ccccc12.CC[N+](CC)(CC)CCOC(=O)c1cccc2ccccc12.C[N+](C)(C)CCOC(=O)c1cccc2ccccc12. The van der Waals surface area contributed by atoms with Crippen molar-refractivity contribution in [1.82, 2.24) is 0 Å². The van der Waals surface area contributed by atoms with Crippen LogP contribution in [-0.2, 0) is 28.4 Å². The van der Waals surface area contributed by atoms with Crippen LogP contribution in [0.2, 0.25) is 0 Å². The fourth-order valence-electron chi connectivity index (χ4n) is 19.0. The average Bonchev–Trinajstić information content (AvgIpc) is 0.828. The van der Waals surface area contributed by atoms with Crippen molar-refractivity contribution in [2.24, 2.45) is 0 Å². The van der Waals surface area contributed by atoms with E-state index in [-0.39, 0.29) is 35.8 Å². The molecule has 0 aliphatic heterocycles. The van der Waals surface area contributed by atoms with E-state index in [2.05, 4.69) is 131 Å². The van der Waals surface area contributed by atoms with Crippen molar-refractivity contribution in [2.45, 2.75) is 168 Å². The van der Waals surface area contributed by atoms with Crippen molar-refractivity contribution in [3.8, 4) is 0 Å². The Morgan fingerprint density at radius 2 is 0.403 bits per heavy atom. The largest absolute Gasteiger partial charge is 0.456 e. The number of fused-ring (bicyclic) bond motifs is 6. The predicted octanol–water partition coefficient (Wildman–Crippen LogP) is 26.0. The Morgan fingerprint density at radius 1 is 0.194 bits per heavy atom. The van der Waals surface area contributed by atoms with Gasteiger partial charge in [-0.25, -0.2) is 28.8 Å². The molecule has 18 nitrogen and oxygen atoms in total. The summed E-state index contributed by atoms with van der Waals surface area (Å²) >= 11 is 0. The molecule has 0 radical (unpaired) electrons. The van der Waals surface area contributed by atoms with Crippen molar-refractivity contribution in [1.29, 1.82) is 0 Å². The third kappa shape index (κ3) is 36.1. The normalized spacial score (nSPS) is 12.3. The molecule has 0 N–H and O–H groups in total. The van der Waals surface area contributed by atoms with Crippen molar-refractivity contribution in [3.05, 3.63) is 288 Å².